The Labute approximate surface area is 235 Å². The minimum atomic E-state index is -3.22. The third-order valence-electron chi connectivity index (χ3n) is 6.57. The van der Waals surface area contributed by atoms with Crippen LogP contribution in [0.2, 0.25) is 0 Å². The summed E-state index contributed by atoms with van der Waals surface area (Å²) in [6, 6.07) is 34.4. The zero-order valence-electron chi connectivity index (χ0n) is 22.6. The van der Waals surface area contributed by atoms with Gasteiger partial charge in [0.1, 0.15) is 6.04 Å². The Kier molecular flexibility index (Phi) is 9.31. The summed E-state index contributed by atoms with van der Waals surface area (Å²) in [5.41, 5.74) is 2.77. The van der Waals surface area contributed by atoms with E-state index in [2.05, 4.69) is 11.9 Å². The molecule has 0 aromatic heterocycles. The number of benzene rings is 4. The van der Waals surface area contributed by atoms with Gasteiger partial charge in [0.15, 0.2) is 7.14 Å². The average Bonchev–Trinajstić information content (AvgIpc) is 3.00. The van der Waals surface area contributed by atoms with Crippen LogP contribution < -0.4 is 15.9 Å². The molecule has 0 bridgehead atoms. The van der Waals surface area contributed by atoms with Gasteiger partial charge in [-0.15, -0.1) is 0 Å². The van der Waals surface area contributed by atoms with Crippen molar-refractivity contribution in [1.29, 1.82) is 0 Å². The van der Waals surface area contributed by atoms with Gasteiger partial charge >= 0.3 is 5.97 Å². The highest BCUT2D eigenvalue weighted by Gasteiger charge is 2.32. The Morgan fingerprint density at radius 1 is 0.825 bits per heavy atom. The highest BCUT2D eigenvalue weighted by atomic mass is 31.2. The molecule has 0 radical (unpaired) electrons. The van der Waals surface area contributed by atoms with Crippen LogP contribution in [0.1, 0.15) is 28.4 Å². The van der Waals surface area contributed by atoms with Crippen LogP contribution in [0.5, 0.6) is 0 Å². The predicted molar refractivity (Wildman–Crippen MR) is 162 cm³/mol. The molecule has 0 aliphatic rings. The minimum Gasteiger partial charge on any atom is -0.467 e. The van der Waals surface area contributed by atoms with Gasteiger partial charge in [0.25, 0.3) is 5.91 Å². The molecule has 4 aromatic carbocycles. The number of methoxy groups -OCH3 is 1. The lowest BCUT2D eigenvalue weighted by Crippen LogP contribution is -2.43. The number of nitrogens with one attached hydrogen (secondary N) is 1. The molecule has 202 valence electrons. The van der Waals surface area contributed by atoms with Crippen LogP contribution >= 0.6 is 7.14 Å². The highest BCUT2D eigenvalue weighted by molar-refractivity contribution is 7.82. The molecule has 4 aromatic rings. The fraction of sp³-hybridized carbons (Fsp3) is 0.118. The standard InChI is InChI=1S/C34H32NO4P/c1-25(2)32(40(38,29-15-9-5-10-16-29)30-17-11-6-12-18-30)24-27-19-21-28(22-20-27)33(36)35-31(34(37)39-3)23-26-13-7-4-8-14-26/h4-22,24,31H,1,23H2,2-3H3,(H,35,36)/b32-24+/t31-/m0/s1. The molecule has 1 N–H and O–H groups in total. The van der Waals surface area contributed by atoms with Gasteiger partial charge in [0.2, 0.25) is 0 Å². The van der Waals surface area contributed by atoms with E-state index in [0.717, 1.165) is 21.7 Å². The Morgan fingerprint density at radius 3 is 1.80 bits per heavy atom. The van der Waals surface area contributed by atoms with Crippen molar-refractivity contribution >= 4 is 35.7 Å². The molecule has 5 nitrogen and oxygen atoms in total. The van der Waals surface area contributed by atoms with Crippen molar-refractivity contribution in [3.63, 3.8) is 0 Å². The van der Waals surface area contributed by atoms with Crippen molar-refractivity contribution in [1.82, 2.24) is 5.32 Å². The third kappa shape index (κ3) is 6.56. The van der Waals surface area contributed by atoms with Gasteiger partial charge in [-0.3, -0.25) is 4.79 Å². The van der Waals surface area contributed by atoms with E-state index in [9.17, 15) is 14.2 Å². The first kappa shape index (κ1) is 28.5. The van der Waals surface area contributed by atoms with Gasteiger partial charge in [-0.05, 0) is 41.8 Å². The number of allylic oxidation sites excluding steroid dienone is 2. The monoisotopic (exact) mass is 549 g/mol. The number of ether oxygens (including phenoxy) is 1. The molecule has 0 aliphatic heterocycles. The van der Waals surface area contributed by atoms with Crippen molar-refractivity contribution in [2.24, 2.45) is 0 Å². The van der Waals surface area contributed by atoms with Crippen molar-refractivity contribution < 1.29 is 18.9 Å². The second-order valence-corrected chi connectivity index (χ2v) is 12.2. The van der Waals surface area contributed by atoms with Gasteiger partial charge in [0.05, 0.1) is 7.11 Å². The van der Waals surface area contributed by atoms with Crippen LogP contribution in [0.3, 0.4) is 0 Å². The Hall–Kier alpha value is -4.47. The largest absolute Gasteiger partial charge is 0.467 e. The molecule has 1 amide bonds. The molecule has 0 heterocycles. The number of amides is 1. The summed E-state index contributed by atoms with van der Waals surface area (Å²) in [5.74, 6) is -0.901. The second-order valence-electron chi connectivity index (χ2n) is 9.45. The van der Waals surface area contributed by atoms with Crippen LogP contribution in [0.15, 0.2) is 133 Å². The number of carbonyl (C=O) groups is 2. The van der Waals surface area contributed by atoms with Crippen LogP contribution in [0.25, 0.3) is 6.08 Å². The van der Waals surface area contributed by atoms with Gasteiger partial charge < -0.3 is 14.6 Å². The fourth-order valence-corrected chi connectivity index (χ4v) is 7.41. The fourth-order valence-electron chi connectivity index (χ4n) is 4.50. The summed E-state index contributed by atoms with van der Waals surface area (Å²) < 4.78 is 19.8. The lowest BCUT2D eigenvalue weighted by atomic mass is 10.0. The molecule has 6 heteroatoms. The minimum absolute atomic E-state index is 0.316. The number of esters is 1. The number of hydrogen-bond donors (Lipinski definition) is 1. The van der Waals surface area contributed by atoms with E-state index in [1.807, 2.05) is 104 Å². The molecule has 4 rings (SSSR count). The first-order valence-electron chi connectivity index (χ1n) is 12.9. The van der Waals surface area contributed by atoms with E-state index in [1.165, 1.54) is 7.11 Å². The maximum atomic E-state index is 14.9. The normalized spacial score (nSPS) is 12.3. The van der Waals surface area contributed by atoms with Crippen molar-refractivity contribution in [3.05, 3.63) is 149 Å². The van der Waals surface area contributed by atoms with E-state index >= 15 is 0 Å². The van der Waals surface area contributed by atoms with Crippen LogP contribution in [0.4, 0.5) is 0 Å². The van der Waals surface area contributed by atoms with Gasteiger partial charge in [-0.1, -0.05) is 110 Å². The molecular weight excluding hydrogens is 517 g/mol. The quantitative estimate of drug-likeness (QED) is 0.147. The third-order valence-corrected chi connectivity index (χ3v) is 9.81. The van der Waals surface area contributed by atoms with E-state index in [4.69, 9.17) is 4.74 Å². The molecule has 40 heavy (non-hydrogen) atoms. The molecule has 0 saturated carbocycles. The van der Waals surface area contributed by atoms with Crippen molar-refractivity contribution in [2.45, 2.75) is 19.4 Å². The molecular formula is C34H32NO4P. The zero-order chi connectivity index (χ0) is 28.5. The van der Waals surface area contributed by atoms with Crippen LogP contribution in [0, 0.1) is 0 Å². The predicted octanol–water partition coefficient (Wildman–Crippen LogP) is 6.13. The van der Waals surface area contributed by atoms with Crippen LogP contribution in [-0.2, 0) is 20.5 Å². The maximum absolute atomic E-state index is 14.9. The summed E-state index contributed by atoms with van der Waals surface area (Å²) in [6.45, 7) is 6.01. The summed E-state index contributed by atoms with van der Waals surface area (Å²) >= 11 is 0. The Balaban J connectivity index is 1.63. The van der Waals surface area contributed by atoms with Gasteiger partial charge in [-0.25, -0.2) is 4.79 Å². The topological polar surface area (TPSA) is 72.5 Å². The summed E-state index contributed by atoms with van der Waals surface area (Å²) in [5, 5.41) is 4.87. The van der Waals surface area contributed by atoms with E-state index in [1.54, 1.807) is 24.3 Å². The van der Waals surface area contributed by atoms with Crippen molar-refractivity contribution in [2.75, 3.05) is 7.11 Å². The average molecular weight is 550 g/mol. The molecule has 0 fully saturated rings. The molecule has 0 saturated heterocycles. The summed E-state index contributed by atoms with van der Waals surface area (Å²) in [6.07, 6.45) is 2.19. The number of carbonyl (C=O) groups excluding carboxylic acids is 2. The second kappa shape index (κ2) is 13.1. The Bertz CT molecular complexity index is 1500. The van der Waals surface area contributed by atoms with E-state index in [0.29, 0.717) is 22.9 Å². The van der Waals surface area contributed by atoms with E-state index in [-0.39, 0.29) is 5.91 Å². The maximum Gasteiger partial charge on any atom is 0.328 e. The summed E-state index contributed by atoms with van der Waals surface area (Å²) in [4.78, 5) is 25.4. The van der Waals surface area contributed by atoms with Crippen LogP contribution in [-0.4, -0.2) is 25.0 Å². The molecule has 0 spiro atoms. The highest BCUT2D eigenvalue weighted by Crippen LogP contribution is 2.55. The first-order chi connectivity index (χ1) is 19.3. The lowest BCUT2D eigenvalue weighted by Gasteiger charge is -2.23. The smallest absolute Gasteiger partial charge is 0.328 e. The zero-order valence-corrected chi connectivity index (χ0v) is 23.5. The molecule has 0 aliphatic carbocycles. The first-order valence-corrected chi connectivity index (χ1v) is 14.7. The number of rotatable bonds is 10. The van der Waals surface area contributed by atoms with Crippen molar-refractivity contribution in [3.8, 4) is 0 Å². The molecule has 0 unspecified atom stereocenters. The SMILES string of the molecule is C=C(C)/C(=C\c1ccc(C(=O)N[C@@H](Cc2ccccc2)C(=O)OC)cc1)P(=O)(c1ccccc1)c1ccccc1. The number of hydrogen-bond acceptors (Lipinski definition) is 4. The van der Waals surface area contributed by atoms with E-state index < -0.39 is 19.2 Å². The Morgan fingerprint density at radius 2 is 1.32 bits per heavy atom. The molecule has 1 atom stereocenters. The summed E-state index contributed by atoms with van der Waals surface area (Å²) in [7, 11) is -1.92. The van der Waals surface area contributed by atoms with Gasteiger partial charge in [-0.2, -0.15) is 0 Å². The lowest BCUT2D eigenvalue weighted by molar-refractivity contribution is -0.142. The van der Waals surface area contributed by atoms with Gasteiger partial charge in [0, 0.05) is 27.9 Å².